The Labute approximate surface area is 127 Å². The van der Waals surface area contributed by atoms with Gasteiger partial charge in [-0.3, -0.25) is 0 Å². The van der Waals surface area contributed by atoms with Crippen molar-refractivity contribution in [2.75, 3.05) is 6.61 Å². The number of fused-ring (bicyclic) bond motifs is 2. The van der Waals surface area contributed by atoms with Crippen LogP contribution in [0.5, 0.6) is 0 Å². The van der Waals surface area contributed by atoms with Gasteiger partial charge in [-0.15, -0.1) is 0 Å². The Morgan fingerprint density at radius 1 is 1.05 bits per heavy atom. The normalized spacial score (nSPS) is 36.4. The molecule has 2 aliphatic heterocycles. The van der Waals surface area contributed by atoms with Gasteiger partial charge in [0.15, 0.2) is 22.9 Å². The topological polar surface area (TPSA) is 85.7 Å². The van der Waals surface area contributed by atoms with Crippen molar-refractivity contribution < 1.29 is 18.3 Å². The van der Waals surface area contributed by atoms with Crippen molar-refractivity contribution in [1.82, 2.24) is 0 Å². The van der Waals surface area contributed by atoms with Gasteiger partial charge < -0.3 is 18.3 Å². The molecule has 120 valence electrons. The second-order valence-electron chi connectivity index (χ2n) is 7.46. The molecule has 0 aromatic rings. The third kappa shape index (κ3) is 4.29. The van der Waals surface area contributed by atoms with Crippen LogP contribution in [0.1, 0.15) is 0 Å². The van der Waals surface area contributed by atoms with Crippen LogP contribution in [0.25, 0.3) is 10.4 Å². The van der Waals surface area contributed by atoms with Crippen molar-refractivity contribution in [3.05, 3.63) is 10.4 Å². The molecular weight excluding hydrogens is 306 g/mol. The summed E-state index contributed by atoms with van der Waals surface area (Å²) in [5.41, 5.74) is 8.85. The first-order valence-electron chi connectivity index (χ1n) is 7.28. The Kier molecular flexibility index (Phi) is 4.84. The lowest BCUT2D eigenvalue weighted by molar-refractivity contribution is -0.168. The van der Waals surface area contributed by atoms with E-state index in [1.807, 2.05) is 0 Å². The maximum atomic E-state index is 8.85. The lowest BCUT2D eigenvalue weighted by Gasteiger charge is -2.43. The molecule has 2 rings (SSSR count). The SMILES string of the molecule is C[Si](C)(C)O[C@@H]1[C@@H](N=[N+]=[N-])[C@@H]2OC[C@@H](O2)[C@H]1O[Si](C)(C)C. The largest absolute Gasteiger partial charge is 0.411 e. The third-order valence-electron chi connectivity index (χ3n) is 3.20. The average Bonchev–Trinajstić information content (AvgIpc) is 2.72. The Morgan fingerprint density at radius 3 is 2.14 bits per heavy atom. The van der Waals surface area contributed by atoms with E-state index in [1.165, 1.54) is 0 Å². The first kappa shape index (κ1) is 16.9. The molecular formula is C12H25N3O4Si2. The van der Waals surface area contributed by atoms with Crippen LogP contribution in [0.2, 0.25) is 39.3 Å². The highest BCUT2D eigenvalue weighted by Crippen LogP contribution is 2.36. The Hall–Kier alpha value is -0.416. The molecule has 0 radical (unpaired) electrons. The lowest BCUT2D eigenvalue weighted by Crippen LogP contribution is -2.59. The van der Waals surface area contributed by atoms with Crippen molar-refractivity contribution in [2.24, 2.45) is 5.11 Å². The molecule has 0 aliphatic carbocycles. The van der Waals surface area contributed by atoms with Crippen LogP contribution in [-0.4, -0.2) is 53.9 Å². The van der Waals surface area contributed by atoms with Gasteiger partial charge >= 0.3 is 0 Å². The molecule has 2 fully saturated rings. The molecule has 0 aromatic heterocycles. The van der Waals surface area contributed by atoms with E-state index in [4.69, 9.17) is 23.9 Å². The summed E-state index contributed by atoms with van der Waals surface area (Å²) in [7, 11) is -3.61. The standard InChI is InChI=1S/C12H25N3O4Si2/c1-20(2,3)18-10-8-7-16-12(17-8)9(14-15-13)11(10)19-21(4,5)6/h8-12H,7H2,1-6H3/t8-,9-,10-,11-,12-/m1/s1. The van der Waals surface area contributed by atoms with Crippen LogP contribution in [0, 0.1) is 0 Å². The van der Waals surface area contributed by atoms with Crippen LogP contribution >= 0.6 is 0 Å². The maximum Gasteiger partial charge on any atom is 0.184 e. The minimum absolute atomic E-state index is 0.145. The van der Waals surface area contributed by atoms with Crippen LogP contribution in [0.3, 0.4) is 0 Å². The summed E-state index contributed by atoms with van der Waals surface area (Å²) < 4.78 is 24.0. The summed E-state index contributed by atoms with van der Waals surface area (Å²) in [6, 6.07) is -0.498. The number of azide groups is 1. The second kappa shape index (κ2) is 6.00. The molecule has 7 nitrogen and oxygen atoms in total. The van der Waals surface area contributed by atoms with Gasteiger partial charge in [0.1, 0.15) is 12.1 Å². The van der Waals surface area contributed by atoms with Gasteiger partial charge in [-0.05, 0) is 44.8 Å². The van der Waals surface area contributed by atoms with Gasteiger partial charge in [-0.25, -0.2) is 0 Å². The number of rotatable bonds is 5. The molecule has 2 bridgehead atoms. The molecule has 2 saturated heterocycles. The highest BCUT2D eigenvalue weighted by Gasteiger charge is 2.53. The summed E-state index contributed by atoms with van der Waals surface area (Å²) >= 11 is 0. The van der Waals surface area contributed by atoms with Gasteiger partial charge in [0.25, 0.3) is 0 Å². The van der Waals surface area contributed by atoms with E-state index in [0.29, 0.717) is 6.61 Å². The summed E-state index contributed by atoms with van der Waals surface area (Å²) in [6.45, 7) is 13.2. The van der Waals surface area contributed by atoms with E-state index in [9.17, 15) is 0 Å². The van der Waals surface area contributed by atoms with Crippen molar-refractivity contribution in [1.29, 1.82) is 0 Å². The van der Waals surface area contributed by atoms with E-state index in [0.717, 1.165) is 0 Å². The fourth-order valence-corrected chi connectivity index (χ4v) is 4.82. The van der Waals surface area contributed by atoms with Crippen LogP contribution in [0.15, 0.2) is 5.11 Å². The van der Waals surface area contributed by atoms with Crippen molar-refractivity contribution in [3.8, 4) is 0 Å². The molecule has 0 amide bonds. The lowest BCUT2D eigenvalue weighted by atomic mass is 10.00. The highest BCUT2D eigenvalue weighted by molar-refractivity contribution is 6.70. The third-order valence-corrected chi connectivity index (χ3v) is 5.16. The minimum atomic E-state index is -1.82. The molecule has 0 saturated carbocycles. The molecule has 5 atom stereocenters. The van der Waals surface area contributed by atoms with E-state index in [-0.39, 0.29) is 18.3 Å². The number of hydrogen-bond acceptors (Lipinski definition) is 5. The van der Waals surface area contributed by atoms with Crippen molar-refractivity contribution in [2.45, 2.75) is 69.9 Å². The second-order valence-corrected chi connectivity index (χ2v) is 16.4. The number of ether oxygens (including phenoxy) is 2. The average molecular weight is 332 g/mol. The molecule has 21 heavy (non-hydrogen) atoms. The number of nitrogens with zero attached hydrogens (tertiary/aromatic N) is 3. The van der Waals surface area contributed by atoms with Gasteiger partial charge in [-0.2, -0.15) is 0 Å². The quantitative estimate of drug-likeness (QED) is 0.335. The minimum Gasteiger partial charge on any atom is -0.411 e. The van der Waals surface area contributed by atoms with Crippen LogP contribution < -0.4 is 0 Å². The van der Waals surface area contributed by atoms with Gasteiger partial charge in [-0.1, -0.05) is 5.11 Å². The van der Waals surface area contributed by atoms with Crippen LogP contribution in [-0.2, 0) is 18.3 Å². The van der Waals surface area contributed by atoms with E-state index < -0.39 is 29.0 Å². The van der Waals surface area contributed by atoms with E-state index in [1.54, 1.807) is 0 Å². The molecule has 2 aliphatic rings. The Balaban J connectivity index is 2.30. The monoisotopic (exact) mass is 331 g/mol. The number of hydrogen-bond donors (Lipinski definition) is 0. The summed E-state index contributed by atoms with van der Waals surface area (Å²) in [4.78, 5) is 2.94. The first-order chi connectivity index (χ1) is 9.61. The molecule has 2 heterocycles. The zero-order valence-corrected chi connectivity index (χ0v) is 15.6. The maximum absolute atomic E-state index is 8.85. The Bertz CT molecular complexity index is 431. The molecule has 0 spiro atoms. The highest BCUT2D eigenvalue weighted by atomic mass is 28.4. The summed E-state index contributed by atoms with van der Waals surface area (Å²) in [5, 5.41) is 3.87. The molecule has 0 unspecified atom stereocenters. The predicted molar refractivity (Wildman–Crippen MR) is 84.0 cm³/mol. The van der Waals surface area contributed by atoms with Crippen LogP contribution in [0.4, 0.5) is 0 Å². The van der Waals surface area contributed by atoms with Crippen molar-refractivity contribution in [3.63, 3.8) is 0 Å². The first-order valence-corrected chi connectivity index (χ1v) is 14.1. The fourth-order valence-electron chi connectivity index (χ4n) is 2.63. The zero-order chi connectivity index (χ0) is 15.8. The van der Waals surface area contributed by atoms with Gasteiger partial charge in [0.05, 0.1) is 18.8 Å². The van der Waals surface area contributed by atoms with E-state index >= 15 is 0 Å². The molecule has 0 aromatic carbocycles. The van der Waals surface area contributed by atoms with Gasteiger partial charge in [0, 0.05) is 4.91 Å². The van der Waals surface area contributed by atoms with Gasteiger partial charge in [0.2, 0.25) is 0 Å². The predicted octanol–water partition coefficient (Wildman–Crippen LogP) is 2.86. The smallest absolute Gasteiger partial charge is 0.184 e. The van der Waals surface area contributed by atoms with Crippen molar-refractivity contribution >= 4 is 16.6 Å². The zero-order valence-electron chi connectivity index (χ0n) is 13.6. The summed E-state index contributed by atoms with van der Waals surface area (Å²) in [5.74, 6) is 0. The molecule has 9 heteroatoms. The molecule has 0 N–H and O–H groups in total. The fraction of sp³-hybridized carbons (Fsp3) is 1.00. The summed E-state index contributed by atoms with van der Waals surface area (Å²) in [6.07, 6.45) is -1.20. The van der Waals surface area contributed by atoms with E-state index in [2.05, 4.69) is 49.3 Å². The Morgan fingerprint density at radius 2 is 1.62 bits per heavy atom.